The molecule has 2 aliphatic heterocycles. The number of aromatic nitrogens is 1. The number of nitrogens with zero attached hydrogens (tertiary/aromatic N) is 3. The van der Waals surface area contributed by atoms with Crippen LogP contribution in [0.25, 0.3) is 10.6 Å². The van der Waals surface area contributed by atoms with Crippen molar-refractivity contribution in [2.75, 3.05) is 39.4 Å². The third kappa shape index (κ3) is 5.69. The van der Waals surface area contributed by atoms with Crippen LogP contribution < -0.4 is 5.73 Å². The molecule has 2 fully saturated rings. The van der Waals surface area contributed by atoms with Gasteiger partial charge in [-0.15, -0.1) is 36.2 Å². The van der Waals surface area contributed by atoms with Crippen LogP contribution in [0.1, 0.15) is 18.5 Å². The summed E-state index contributed by atoms with van der Waals surface area (Å²) in [5.41, 5.74) is 7.88. The molecule has 2 aromatic rings. The quantitative estimate of drug-likeness (QED) is 0.762. The van der Waals surface area contributed by atoms with E-state index < -0.39 is 5.54 Å². The highest BCUT2D eigenvalue weighted by Gasteiger charge is 2.39. The van der Waals surface area contributed by atoms with E-state index in [0.29, 0.717) is 26.1 Å². The SMILES string of the molecule is Cl.Cl.NC1(C(=O)N2CCN(Cc3csc(-c4ccccc4)n3)CC2)CCOCC1. The summed E-state index contributed by atoms with van der Waals surface area (Å²) < 4.78 is 5.35. The van der Waals surface area contributed by atoms with E-state index in [-0.39, 0.29) is 30.7 Å². The van der Waals surface area contributed by atoms with Crippen molar-refractivity contribution >= 4 is 42.1 Å². The third-order valence-corrected chi connectivity index (χ3v) is 6.37. The molecule has 0 radical (unpaired) electrons. The van der Waals surface area contributed by atoms with Crippen LogP contribution in [0.5, 0.6) is 0 Å². The lowest BCUT2D eigenvalue weighted by molar-refractivity contribution is -0.142. The van der Waals surface area contributed by atoms with Crippen molar-refractivity contribution in [1.29, 1.82) is 0 Å². The Hall–Kier alpha value is -1.22. The van der Waals surface area contributed by atoms with Crippen LogP contribution in [0.15, 0.2) is 35.7 Å². The molecular formula is C20H28Cl2N4O2S. The standard InChI is InChI=1S/C20H26N4O2S.2ClH/c21-20(6-12-26-13-7-20)19(25)24-10-8-23(9-11-24)14-17-15-27-18(22-17)16-4-2-1-3-5-16;;/h1-5,15H,6-14,21H2;2*1H. The van der Waals surface area contributed by atoms with Crippen molar-refractivity contribution in [1.82, 2.24) is 14.8 Å². The summed E-state index contributed by atoms with van der Waals surface area (Å²) in [4.78, 5) is 21.9. The number of nitrogens with two attached hydrogens (primary N) is 1. The average molecular weight is 459 g/mol. The van der Waals surface area contributed by atoms with Crippen molar-refractivity contribution < 1.29 is 9.53 Å². The lowest BCUT2D eigenvalue weighted by atomic mass is 9.89. The van der Waals surface area contributed by atoms with Crippen LogP contribution in [0.2, 0.25) is 0 Å². The first-order valence-corrected chi connectivity index (χ1v) is 10.4. The Balaban J connectivity index is 0.00000150. The van der Waals surface area contributed by atoms with E-state index in [1.54, 1.807) is 11.3 Å². The summed E-state index contributed by atoms with van der Waals surface area (Å²) in [7, 11) is 0. The van der Waals surface area contributed by atoms with Crippen molar-refractivity contribution in [2.45, 2.75) is 24.9 Å². The molecule has 4 rings (SSSR count). The molecule has 160 valence electrons. The number of piperazine rings is 1. The lowest BCUT2D eigenvalue weighted by Crippen LogP contribution is -2.61. The van der Waals surface area contributed by atoms with Gasteiger partial charge in [0.25, 0.3) is 0 Å². The van der Waals surface area contributed by atoms with Gasteiger partial charge in [-0.25, -0.2) is 4.98 Å². The van der Waals surface area contributed by atoms with Gasteiger partial charge in [0, 0.05) is 56.9 Å². The predicted octanol–water partition coefficient (Wildman–Crippen LogP) is 2.81. The number of benzene rings is 1. The molecule has 1 aromatic heterocycles. The molecule has 2 aliphatic rings. The molecule has 3 heterocycles. The minimum atomic E-state index is -0.736. The second-order valence-corrected chi connectivity index (χ2v) is 8.20. The number of ether oxygens (including phenoxy) is 1. The Morgan fingerprint density at radius 2 is 1.76 bits per heavy atom. The summed E-state index contributed by atoms with van der Waals surface area (Å²) in [6, 6.07) is 10.3. The van der Waals surface area contributed by atoms with Crippen LogP contribution in [0.4, 0.5) is 0 Å². The summed E-state index contributed by atoms with van der Waals surface area (Å²) in [5, 5.41) is 3.19. The van der Waals surface area contributed by atoms with Gasteiger partial charge in [-0.3, -0.25) is 9.69 Å². The van der Waals surface area contributed by atoms with E-state index in [2.05, 4.69) is 22.4 Å². The zero-order valence-corrected chi connectivity index (χ0v) is 18.7. The van der Waals surface area contributed by atoms with Crippen LogP contribution >= 0.6 is 36.2 Å². The summed E-state index contributed by atoms with van der Waals surface area (Å²) in [6.07, 6.45) is 1.24. The molecular weight excluding hydrogens is 431 g/mol. The van der Waals surface area contributed by atoms with Gasteiger partial charge in [0.15, 0.2) is 0 Å². The lowest BCUT2D eigenvalue weighted by Gasteiger charge is -2.40. The Morgan fingerprint density at radius 3 is 2.41 bits per heavy atom. The highest BCUT2D eigenvalue weighted by Crippen LogP contribution is 2.25. The Bertz CT molecular complexity index is 776. The molecule has 6 nitrogen and oxygen atoms in total. The molecule has 29 heavy (non-hydrogen) atoms. The average Bonchev–Trinajstić information content (AvgIpc) is 3.18. The van der Waals surface area contributed by atoms with Gasteiger partial charge in [-0.1, -0.05) is 30.3 Å². The minimum absolute atomic E-state index is 0. The second-order valence-electron chi connectivity index (χ2n) is 7.35. The van der Waals surface area contributed by atoms with E-state index in [9.17, 15) is 4.79 Å². The first-order chi connectivity index (χ1) is 13.1. The van der Waals surface area contributed by atoms with Crippen LogP contribution in [0, 0.1) is 0 Å². The van der Waals surface area contributed by atoms with Gasteiger partial charge in [0.05, 0.1) is 11.2 Å². The van der Waals surface area contributed by atoms with Crippen molar-refractivity contribution in [3.05, 3.63) is 41.4 Å². The molecule has 0 bridgehead atoms. The summed E-state index contributed by atoms with van der Waals surface area (Å²) in [6.45, 7) is 5.16. The van der Waals surface area contributed by atoms with E-state index in [0.717, 1.165) is 49.0 Å². The Morgan fingerprint density at radius 1 is 1.10 bits per heavy atom. The van der Waals surface area contributed by atoms with E-state index >= 15 is 0 Å². The molecule has 0 unspecified atom stereocenters. The smallest absolute Gasteiger partial charge is 0.242 e. The van der Waals surface area contributed by atoms with E-state index in [4.69, 9.17) is 15.5 Å². The van der Waals surface area contributed by atoms with Gasteiger partial charge < -0.3 is 15.4 Å². The topological polar surface area (TPSA) is 71.7 Å². The van der Waals surface area contributed by atoms with Gasteiger partial charge in [0.2, 0.25) is 5.91 Å². The number of carbonyl (C=O) groups excluding carboxylic acids is 1. The molecule has 0 atom stereocenters. The minimum Gasteiger partial charge on any atom is -0.381 e. The summed E-state index contributed by atoms with van der Waals surface area (Å²) >= 11 is 1.68. The van der Waals surface area contributed by atoms with Crippen molar-refractivity contribution in [3.8, 4) is 10.6 Å². The van der Waals surface area contributed by atoms with Crippen LogP contribution in [0.3, 0.4) is 0 Å². The number of hydrogen-bond donors (Lipinski definition) is 1. The van der Waals surface area contributed by atoms with Gasteiger partial charge in [0.1, 0.15) is 5.01 Å². The predicted molar refractivity (Wildman–Crippen MR) is 121 cm³/mol. The number of hydrogen-bond acceptors (Lipinski definition) is 6. The number of rotatable bonds is 4. The zero-order chi connectivity index (χ0) is 18.7. The normalized spacial score (nSPS) is 19.1. The van der Waals surface area contributed by atoms with Gasteiger partial charge in [-0.2, -0.15) is 0 Å². The number of carbonyl (C=O) groups is 1. The highest BCUT2D eigenvalue weighted by molar-refractivity contribution is 7.13. The second kappa shape index (κ2) is 10.7. The first kappa shape index (κ1) is 24.1. The Kier molecular flexibility index (Phi) is 8.88. The van der Waals surface area contributed by atoms with Crippen LogP contribution in [-0.4, -0.2) is 65.6 Å². The monoisotopic (exact) mass is 458 g/mol. The highest BCUT2D eigenvalue weighted by atomic mass is 35.5. The van der Waals surface area contributed by atoms with Crippen LogP contribution in [-0.2, 0) is 16.1 Å². The molecule has 9 heteroatoms. The maximum atomic E-state index is 12.8. The first-order valence-electron chi connectivity index (χ1n) is 9.52. The van der Waals surface area contributed by atoms with Gasteiger partial charge >= 0.3 is 0 Å². The third-order valence-electron chi connectivity index (χ3n) is 5.43. The molecule has 0 aliphatic carbocycles. The van der Waals surface area contributed by atoms with Crippen molar-refractivity contribution in [3.63, 3.8) is 0 Å². The molecule has 2 saturated heterocycles. The largest absolute Gasteiger partial charge is 0.381 e. The maximum Gasteiger partial charge on any atom is 0.242 e. The number of thiazole rings is 1. The molecule has 0 spiro atoms. The molecule has 0 saturated carbocycles. The fourth-order valence-electron chi connectivity index (χ4n) is 3.70. The van der Waals surface area contributed by atoms with E-state index in [1.807, 2.05) is 23.1 Å². The Labute approximate surface area is 188 Å². The molecule has 1 amide bonds. The number of amides is 1. The fraction of sp³-hybridized carbons (Fsp3) is 0.500. The van der Waals surface area contributed by atoms with Gasteiger partial charge in [-0.05, 0) is 12.8 Å². The zero-order valence-electron chi connectivity index (χ0n) is 16.3. The maximum absolute atomic E-state index is 12.8. The summed E-state index contributed by atoms with van der Waals surface area (Å²) in [5.74, 6) is 0.0884. The molecule has 2 N–H and O–H groups in total. The number of halogens is 2. The van der Waals surface area contributed by atoms with Crippen molar-refractivity contribution in [2.24, 2.45) is 5.73 Å². The molecule has 1 aromatic carbocycles. The fourth-order valence-corrected chi connectivity index (χ4v) is 4.51. The van der Waals surface area contributed by atoms with E-state index in [1.165, 1.54) is 0 Å².